The lowest BCUT2D eigenvalue weighted by atomic mass is 9.96. The Morgan fingerprint density at radius 3 is 2.15 bits per heavy atom. The van der Waals surface area contributed by atoms with Gasteiger partial charge in [-0.05, 0) is 93.3 Å². The third-order valence-electron chi connectivity index (χ3n) is 9.98. The molecule has 46 heavy (non-hydrogen) atoms. The quantitative estimate of drug-likeness (QED) is 0.323. The first-order chi connectivity index (χ1) is 22.3. The van der Waals surface area contributed by atoms with Gasteiger partial charge >= 0.3 is 0 Å². The van der Waals surface area contributed by atoms with Gasteiger partial charge in [-0.2, -0.15) is 0 Å². The predicted octanol–water partition coefficient (Wildman–Crippen LogP) is 3.25. The normalized spacial score (nSPS) is 20.7. The van der Waals surface area contributed by atoms with Gasteiger partial charge in [0, 0.05) is 75.5 Å². The van der Waals surface area contributed by atoms with Crippen molar-refractivity contribution in [1.29, 1.82) is 0 Å². The summed E-state index contributed by atoms with van der Waals surface area (Å²) in [5, 5.41) is 9.98. The molecule has 0 spiro atoms. The minimum Gasteiger partial charge on any atom is -0.612 e. The molecule has 3 aliphatic rings. The largest absolute Gasteiger partial charge is 0.612 e. The molecular formula is C34H47N5O5S2. The molecule has 0 aliphatic carbocycles. The van der Waals surface area contributed by atoms with Crippen molar-refractivity contribution in [2.45, 2.75) is 59.4 Å². The molecule has 0 bridgehead atoms. The van der Waals surface area contributed by atoms with Crippen molar-refractivity contribution >= 4 is 37.6 Å². The molecule has 3 saturated heterocycles. The van der Waals surface area contributed by atoms with Crippen LogP contribution >= 0.6 is 0 Å². The van der Waals surface area contributed by atoms with Crippen LogP contribution in [-0.4, -0.2) is 128 Å². The van der Waals surface area contributed by atoms with Crippen molar-refractivity contribution in [1.82, 2.24) is 19.7 Å². The number of hydrogen-bond acceptors (Lipinski definition) is 10. The summed E-state index contributed by atoms with van der Waals surface area (Å²) in [5.74, 6) is 0.625. The summed E-state index contributed by atoms with van der Waals surface area (Å²) < 4.78 is 46.3. The number of aliphatic hydroxyl groups is 1. The van der Waals surface area contributed by atoms with Crippen LogP contribution in [0.15, 0.2) is 63.3 Å². The monoisotopic (exact) mass is 669 g/mol. The molecule has 3 aromatic rings. The van der Waals surface area contributed by atoms with E-state index in [9.17, 15) is 18.1 Å². The van der Waals surface area contributed by atoms with Crippen molar-refractivity contribution in [3.05, 3.63) is 48.7 Å². The summed E-state index contributed by atoms with van der Waals surface area (Å²) in [7, 11) is -3.90. The van der Waals surface area contributed by atoms with Crippen LogP contribution in [0.5, 0.6) is 5.75 Å². The Labute approximate surface area is 276 Å². The number of pyridine rings is 1. The number of fused-ring (bicyclic) bond motifs is 1. The lowest BCUT2D eigenvalue weighted by Gasteiger charge is -2.46. The highest BCUT2D eigenvalue weighted by Gasteiger charge is 2.34. The van der Waals surface area contributed by atoms with E-state index in [0.29, 0.717) is 40.5 Å². The summed E-state index contributed by atoms with van der Waals surface area (Å²) in [6.45, 7) is 11.3. The highest BCUT2D eigenvalue weighted by Crippen LogP contribution is 2.39. The Balaban J connectivity index is 1.19. The Bertz CT molecular complexity index is 1560. The van der Waals surface area contributed by atoms with E-state index in [1.54, 1.807) is 36.6 Å². The Hall–Kier alpha value is -2.45. The minimum absolute atomic E-state index is 0.182. The van der Waals surface area contributed by atoms with Gasteiger partial charge in [-0.3, -0.25) is 14.8 Å². The number of benzene rings is 2. The van der Waals surface area contributed by atoms with Gasteiger partial charge in [-0.1, -0.05) is 0 Å². The van der Waals surface area contributed by atoms with Crippen molar-refractivity contribution in [3.63, 3.8) is 0 Å². The molecule has 6 rings (SSSR count). The summed E-state index contributed by atoms with van der Waals surface area (Å²) in [6, 6.07) is 13.2. The number of anilines is 1. The smallest absolute Gasteiger partial charge is 0.210 e. The Morgan fingerprint density at radius 1 is 0.913 bits per heavy atom. The number of piperazine rings is 1. The Kier molecular flexibility index (Phi) is 10.7. The second kappa shape index (κ2) is 14.8. The van der Waals surface area contributed by atoms with Gasteiger partial charge in [0.2, 0.25) is 9.84 Å². The molecule has 1 N–H and O–H groups in total. The van der Waals surface area contributed by atoms with Crippen LogP contribution in [0.4, 0.5) is 5.69 Å². The maximum Gasteiger partial charge on any atom is 0.210 e. The molecule has 2 aromatic carbocycles. The fourth-order valence-corrected chi connectivity index (χ4v) is 9.39. The summed E-state index contributed by atoms with van der Waals surface area (Å²) in [6.07, 6.45) is 7.40. The zero-order valence-electron chi connectivity index (χ0n) is 27.0. The molecule has 3 aliphatic heterocycles. The van der Waals surface area contributed by atoms with Crippen LogP contribution < -0.4 is 9.64 Å². The Morgan fingerprint density at radius 2 is 1.54 bits per heavy atom. The molecule has 1 unspecified atom stereocenters. The van der Waals surface area contributed by atoms with Crippen LogP contribution in [0, 0.1) is 0 Å². The lowest BCUT2D eigenvalue weighted by molar-refractivity contribution is 0.0396. The summed E-state index contributed by atoms with van der Waals surface area (Å²) in [4.78, 5) is 15.5. The summed E-state index contributed by atoms with van der Waals surface area (Å²) in [5.41, 5.74) is 1.35. The van der Waals surface area contributed by atoms with Crippen LogP contribution in [0.2, 0.25) is 0 Å². The fraction of sp³-hybridized carbons (Fsp3) is 0.559. The minimum atomic E-state index is -3.90. The third-order valence-corrected chi connectivity index (χ3v) is 12.7. The second-order valence-corrected chi connectivity index (χ2v) is 15.9. The van der Waals surface area contributed by atoms with Gasteiger partial charge in [0.05, 0.1) is 29.3 Å². The molecule has 1 aromatic heterocycles. The number of hydrogen-bond donors (Lipinski definition) is 1. The van der Waals surface area contributed by atoms with Gasteiger partial charge in [0.25, 0.3) is 0 Å². The number of piperidine rings is 2. The zero-order chi connectivity index (χ0) is 32.3. The van der Waals surface area contributed by atoms with Crippen molar-refractivity contribution in [3.8, 4) is 5.75 Å². The SMILES string of the molecule is CCOc1ccc(S(=O)(=O)c2cnc3ccc([S+](C)[O-])cc3c2N2CCC(N3CCC(N4CCN(CCO)CC4)CC3)CC2)cc1. The molecule has 250 valence electrons. The van der Waals surface area contributed by atoms with E-state index in [1.165, 1.54) is 19.0 Å². The van der Waals surface area contributed by atoms with Crippen molar-refractivity contribution < 1.29 is 22.8 Å². The molecule has 0 radical (unpaired) electrons. The predicted molar refractivity (Wildman–Crippen MR) is 182 cm³/mol. The van der Waals surface area contributed by atoms with Gasteiger partial charge in [0.1, 0.15) is 16.9 Å². The van der Waals surface area contributed by atoms with E-state index >= 15 is 0 Å². The highest BCUT2D eigenvalue weighted by molar-refractivity contribution is 7.91. The maximum absolute atomic E-state index is 14.2. The number of likely N-dealkylation sites (tertiary alicyclic amines) is 1. The summed E-state index contributed by atoms with van der Waals surface area (Å²) >= 11 is -1.22. The number of nitrogens with zero attached hydrogens (tertiary/aromatic N) is 5. The fourth-order valence-electron chi connectivity index (χ4n) is 7.41. The van der Waals surface area contributed by atoms with E-state index in [1.807, 2.05) is 19.1 Å². The molecule has 3 fully saturated rings. The second-order valence-electron chi connectivity index (χ2n) is 12.6. The molecular weight excluding hydrogens is 623 g/mol. The number of ether oxygens (including phenoxy) is 1. The van der Waals surface area contributed by atoms with Gasteiger partial charge < -0.3 is 24.2 Å². The number of β-amino-alcohol motifs (C(OH)–C–C–N with tert-alkyl or cyclic N) is 1. The number of aliphatic hydroxyl groups excluding tert-OH is 1. The zero-order valence-corrected chi connectivity index (χ0v) is 28.6. The first-order valence-electron chi connectivity index (χ1n) is 16.6. The van der Waals surface area contributed by atoms with Crippen LogP contribution in [0.1, 0.15) is 32.6 Å². The van der Waals surface area contributed by atoms with Gasteiger partial charge in [-0.15, -0.1) is 0 Å². The van der Waals surface area contributed by atoms with E-state index in [0.717, 1.165) is 77.1 Å². The molecule has 0 saturated carbocycles. The van der Waals surface area contributed by atoms with E-state index in [-0.39, 0.29) is 16.4 Å². The van der Waals surface area contributed by atoms with Gasteiger partial charge in [-0.25, -0.2) is 8.42 Å². The van der Waals surface area contributed by atoms with E-state index < -0.39 is 21.0 Å². The topological polar surface area (TPSA) is 113 Å². The van der Waals surface area contributed by atoms with Crippen molar-refractivity contribution in [2.75, 3.05) is 83.3 Å². The van der Waals surface area contributed by atoms with Crippen molar-refractivity contribution in [2.24, 2.45) is 0 Å². The first-order valence-corrected chi connectivity index (χ1v) is 19.6. The lowest BCUT2D eigenvalue weighted by Crippen LogP contribution is -2.55. The molecule has 4 heterocycles. The molecule has 12 heteroatoms. The van der Waals surface area contributed by atoms with E-state index in [2.05, 4.69) is 24.6 Å². The number of sulfone groups is 1. The molecule has 1 atom stereocenters. The number of rotatable bonds is 10. The third kappa shape index (κ3) is 7.18. The standard InChI is InChI=1S/C34H47N5O5S2/c1-3-44-28-4-7-30(8-5-28)46(42,43)33-25-35-32-9-6-29(45(2)41)24-31(32)34(33)39-16-12-26(13-17-39)37-14-10-27(11-15-37)38-20-18-36(19-21-38)22-23-40/h4-9,24-27,40H,3,10-23H2,1-2H3. The van der Waals surface area contributed by atoms with Gasteiger partial charge in [0.15, 0.2) is 4.90 Å². The maximum atomic E-state index is 14.2. The van der Waals surface area contributed by atoms with Crippen LogP contribution in [0.25, 0.3) is 10.9 Å². The highest BCUT2D eigenvalue weighted by atomic mass is 32.2. The molecule has 10 nitrogen and oxygen atoms in total. The van der Waals surface area contributed by atoms with E-state index in [4.69, 9.17) is 4.74 Å². The molecule has 0 amide bonds. The van der Waals surface area contributed by atoms with Crippen LogP contribution in [-0.2, 0) is 21.0 Å². The average molecular weight is 670 g/mol. The average Bonchev–Trinajstić information content (AvgIpc) is 3.08. The number of aromatic nitrogens is 1. The van der Waals surface area contributed by atoms with Crippen LogP contribution in [0.3, 0.4) is 0 Å². The first kappa shape index (κ1) is 33.5.